The molecular weight excluding hydrogens is 395 g/mol. The minimum atomic E-state index is 0. The van der Waals surface area contributed by atoms with Crippen LogP contribution in [0.1, 0.15) is 57.8 Å². The van der Waals surface area contributed by atoms with Crippen molar-refractivity contribution in [2.75, 3.05) is 6.54 Å². The lowest BCUT2D eigenvalue weighted by molar-refractivity contribution is -0.122. The first-order valence-corrected chi connectivity index (χ1v) is 10.1. The van der Waals surface area contributed by atoms with E-state index in [-0.39, 0.29) is 30.7 Å². The smallest absolute Gasteiger partial charge is 0.220 e. The van der Waals surface area contributed by atoms with Gasteiger partial charge in [-0.1, -0.05) is 12.1 Å². The number of hydrogen-bond donors (Lipinski definition) is 2. The zero-order chi connectivity index (χ0) is 18.1. The second-order valence-electron chi connectivity index (χ2n) is 8.26. The number of imidazole rings is 1. The molecule has 156 valence electrons. The van der Waals surface area contributed by atoms with E-state index < -0.39 is 0 Å². The molecule has 0 spiro atoms. The van der Waals surface area contributed by atoms with Gasteiger partial charge in [0.15, 0.2) is 0 Å². The summed E-state index contributed by atoms with van der Waals surface area (Å²) in [6.07, 6.45) is 6.34. The zero-order valence-corrected chi connectivity index (χ0v) is 18.3. The van der Waals surface area contributed by atoms with Gasteiger partial charge in [-0.15, -0.1) is 24.8 Å². The zero-order valence-electron chi connectivity index (χ0n) is 16.7. The molecule has 2 saturated heterocycles. The molecule has 2 fully saturated rings. The average Bonchev–Trinajstić information content (AvgIpc) is 3.14. The Bertz CT molecular complexity index is 780. The molecule has 0 aliphatic carbocycles. The number of carbonyl (C=O) groups is 1. The molecule has 2 bridgehead atoms. The summed E-state index contributed by atoms with van der Waals surface area (Å²) in [6, 6.07) is 9.92. The van der Waals surface area contributed by atoms with Crippen molar-refractivity contribution in [3.8, 4) is 0 Å². The second-order valence-corrected chi connectivity index (χ2v) is 8.26. The van der Waals surface area contributed by atoms with Crippen molar-refractivity contribution in [3.05, 3.63) is 30.1 Å². The van der Waals surface area contributed by atoms with Crippen LogP contribution in [-0.2, 0) is 11.2 Å². The maximum atomic E-state index is 12.4. The third-order valence-electron chi connectivity index (χ3n) is 5.90. The Kier molecular flexibility index (Phi) is 8.17. The third kappa shape index (κ3) is 5.00. The van der Waals surface area contributed by atoms with Gasteiger partial charge >= 0.3 is 0 Å². The summed E-state index contributed by atoms with van der Waals surface area (Å²) >= 11 is 0. The number of hydrogen-bond acceptors (Lipinski definition) is 3. The van der Waals surface area contributed by atoms with E-state index in [2.05, 4.69) is 47.2 Å². The number of nitrogens with one attached hydrogen (secondary N) is 2. The number of aromatic nitrogens is 2. The van der Waals surface area contributed by atoms with Crippen LogP contribution in [0.4, 0.5) is 0 Å². The highest BCUT2D eigenvalue weighted by Gasteiger charge is 2.34. The number of fused-ring (bicyclic) bond motifs is 3. The Morgan fingerprint density at radius 1 is 1.21 bits per heavy atom. The van der Waals surface area contributed by atoms with Gasteiger partial charge in [-0.25, -0.2) is 4.98 Å². The Morgan fingerprint density at radius 3 is 2.57 bits per heavy atom. The largest absolute Gasteiger partial charge is 0.356 e. The molecule has 0 radical (unpaired) electrons. The fourth-order valence-electron chi connectivity index (χ4n) is 4.84. The van der Waals surface area contributed by atoms with Crippen LogP contribution >= 0.6 is 24.8 Å². The van der Waals surface area contributed by atoms with Gasteiger partial charge < -0.3 is 15.2 Å². The van der Waals surface area contributed by atoms with Gasteiger partial charge in [0.2, 0.25) is 5.91 Å². The standard InChI is InChI=1S/C21H30N4O.2ClH/c1-14(2)25-19-6-4-3-5-18(19)24-20(25)9-10-22-21(26)13-15-11-16-7-8-17(12-15)23-16;;/h3-6,14-17,23H,7-13H2,1-2H3,(H,22,26);2*1H. The number of rotatable bonds is 6. The number of para-hydroxylation sites is 2. The van der Waals surface area contributed by atoms with E-state index in [4.69, 9.17) is 4.98 Å². The van der Waals surface area contributed by atoms with Crippen LogP contribution in [0.2, 0.25) is 0 Å². The maximum absolute atomic E-state index is 12.4. The quantitative estimate of drug-likeness (QED) is 0.732. The minimum absolute atomic E-state index is 0. The van der Waals surface area contributed by atoms with Crippen LogP contribution in [0.25, 0.3) is 11.0 Å². The first-order chi connectivity index (χ1) is 12.6. The molecule has 2 aliphatic rings. The van der Waals surface area contributed by atoms with E-state index in [1.54, 1.807) is 0 Å². The molecule has 7 heteroatoms. The normalized spacial score (nSPS) is 23.3. The molecule has 1 aromatic heterocycles. The van der Waals surface area contributed by atoms with Gasteiger partial charge in [-0.2, -0.15) is 0 Å². The van der Waals surface area contributed by atoms with Crippen molar-refractivity contribution in [3.63, 3.8) is 0 Å². The maximum Gasteiger partial charge on any atom is 0.220 e. The Hall–Kier alpha value is -1.30. The second kappa shape index (κ2) is 9.95. The van der Waals surface area contributed by atoms with Crippen molar-refractivity contribution in [2.24, 2.45) is 5.92 Å². The lowest BCUT2D eigenvalue weighted by Crippen LogP contribution is -2.39. The number of benzene rings is 1. The van der Waals surface area contributed by atoms with Crippen LogP contribution in [-0.4, -0.2) is 34.1 Å². The summed E-state index contributed by atoms with van der Waals surface area (Å²) in [6.45, 7) is 5.02. The monoisotopic (exact) mass is 426 g/mol. The van der Waals surface area contributed by atoms with Crippen molar-refractivity contribution >= 4 is 41.8 Å². The van der Waals surface area contributed by atoms with Crippen LogP contribution < -0.4 is 10.6 Å². The van der Waals surface area contributed by atoms with Gasteiger partial charge in [0.1, 0.15) is 5.82 Å². The first-order valence-electron chi connectivity index (χ1n) is 10.1. The summed E-state index contributed by atoms with van der Waals surface area (Å²) in [4.78, 5) is 17.1. The van der Waals surface area contributed by atoms with E-state index >= 15 is 0 Å². The number of nitrogens with zero attached hydrogens (tertiary/aromatic N) is 2. The number of amides is 1. The van der Waals surface area contributed by atoms with E-state index in [1.165, 1.54) is 18.4 Å². The SMILES string of the molecule is CC(C)n1c(CCNC(=O)CC2CC3CCC(C2)N3)nc2ccccc21.Cl.Cl. The molecule has 2 N–H and O–H groups in total. The highest BCUT2D eigenvalue weighted by atomic mass is 35.5. The van der Waals surface area contributed by atoms with E-state index in [0.29, 0.717) is 37.0 Å². The van der Waals surface area contributed by atoms with E-state index in [1.807, 2.05) is 6.07 Å². The number of carbonyl (C=O) groups excluding carboxylic acids is 1. The minimum Gasteiger partial charge on any atom is -0.356 e. The molecule has 0 saturated carbocycles. The molecule has 2 aliphatic heterocycles. The summed E-state index contributed by atoms with van der Waals surface area (Å²) < 4.78 is 2.28. The molecule has 28 heavy (non-hydrogen) atoms. The molecule has 2 unspecified atom stereocenters. The van der Waals surface area contributed by atoms with Crippen LogP contribution in [0, 0.1) is 5.92 Å². The van der Waals surface area contributed by atoms with E-state index in [9.17, 15) is 4.79 Å². The first kappa shape index (κ1) is 23.0. The Balaban J connectivity index is 0.00000140. The molecule has 1 amide bonds. The summed E-state index contributed by atoms with van der Waals surface area (Å²) in [5.74, 6) is 1.80. The topological polar surface area (TPSA) is 59.0 Å². The van der Waals surface area contributed by atoms with Gasteiger partial charge in [0.05, 0.1) is 11.0 Å². The van der Waals surface area contributed by atoms with Crippen molar-refractivity contribution < 1.29 is 4.79 Å². The fourth-order valence-corrected chi connectivity index (χ4v) is 4.84. The van der Waals surface area contributed by atoms with Crippen LogP contribution in [0.15, 0.2) is 24.3 Å². The van der Waals surface area contributed by atoms with Crippen molar-refractivity contribution in [1.29, 1.82) is 0 Å². The van der Waals surface area contributed by atoms with Gasteiger partial charge in [0.25, 0.3) is 0 Å². The Labute approximate surface area is 179 Å². The van der Waals surface area contributed by atoms with Crippen molar-refractivity contribution in [1.82, 2.24) is 20.2 Å². The van der Waals surface area contributed by atoms with Gasteiger partial charge in [-0.05, 0) is 57.6 Å². The van der Waals surface area contributed by atoms with Crippen molar-refractivity contribution in [2.45, 2.75) is 70.5 Å². The van der Waals surface area contributed by atoms with Crippen LogP contribution in [0.5, 0.6) is 0 Å². The molecule has 4 rings (SSSR count). The highest BCUT2D eigenvalue weighted by Crippen LogP contribution is 2.32. The lowest BCUT2D eigenvalue weighted by Gasteiger charge is -2.28. The third-order valence-corrected chi connectivity index (χ3v) is 5.90. The predicted octanol–water partition coefficient (Wildman–Crippen LogP) is 4.04. The molecule has 1 aromatic carbocycles. The molecule has 3 heterocycles. The summed E-state index contributed by atoms with van der Waals surface area (Å²) in [7, 11) is 0. The van der Waals surface area contributed by atoms with Crippen LogP contribution in [0.3, 0.4) is 0 Å². The van der Waals surface area contributed by atoms with E-state index in [0.717, 1.165) is 30.6 Å². The molecule has 2 atom stereocenters. The Morgan fingerprint density at radius 2 is 1.89 bits per heavy atom. The predicted molar refractivity (Wildman–Crippen MR) is 119 cm³/mol. The molecule has 5 nitrogen and oxygen atoms in total. The fraction of sp³-hybridized carbons (Fsp3) is 0.619. The summed E-state index contributed by atoms with van der Waals surface area (Å²) in [5, 5.41) is 6.77. The van der Waals surface area contributed by atoms with Gasteiger partial charge in [-0.3, -0.25) is 4.79 Å². The average molecular weight is 427 g/mol. The highest BCUT2D eigenvalue weighted by molar-refractivity contribution is 5.85. The number of piperidine rings is 1. The summed E-state index contributed by atoms with van der Waals surface area (Å²) in [5.41, 5.74) is 2.21. The molecular formula is C21H32Cl2N4O. The lowest BCUT2D eigenvalue weighted by atomic mass is 9.89. The number of halogens is 2. The molecule has 2 aromatic rings. The van der Waals surface area contributed by atoms with Gasteiger partial charge in [0, 0.05) is 37.5 Å².